The zero-order chi connectivity index (χ0) is 8.57. The Morgan fingerprint density at radius 1 is 1.10 bits per heavy atom. The molecule has 0 rings (SSSR count). The van der Waals surface area contributed by atoms with Crippen molar-refractivity contribution in [3.63, 3.8) is 0 Å². The lowest BCUT2D eigenvalue weighted by Gasteiger charge is -1.68. The molecule has 0 aliphatic carbocycles. The van der Waals surface area contributed by atoms with E-state index >= 15 is 0 Å². The predicted octanol–water partition coefficient (Wildman–Crippen LogP) is -0.0487. The topological polar surface area (TPSA) is 86.2 Å². The van der Waals surface area contributed by atoms with Crippen molar-refractivity contribution >= 4 is 11.8 Å². The van der Waals surface area contributed by atoms with Gasteiger partial charge in [-0.25, -0.2) is 4.79 Å². The van der Waals surface area contributed by atoms with E-state index in [2.05, 4.69) is 24.6 Å². The SMILES string of the molecule is C=CC(=O)C=C.NC(N)=O. The van der Waals surface area contributed by atoms with Crippen LogP contribution < -0.4 is 11.5 Å². The maximum atomic E-state index is 9.94. The molecule has 4 nitrogen and oxygen atoms in total. The van der Waals surface area contributed by atoms with Gasteiger partial charge >= 0.3 is 6.03 Å². The van der Waals surface area contributed by atoms with E-state index in [1.165, 1.54) is 12.2 Å². The summed E-state index contributed by atoms with van der Waals surface area (Å²) < 4.78 is 0. The van der Waals surface area contributed by atoms with Gasteiger partial charge in [0.1, 0.15) is 0 Å². The van der Waals surface area contributed by atoms with Gasteiger partial charge in [0.25, 0.3) is 0 Å². The molecule has 2 amide bonds. The molecule has 0 radical (unpaired) electrons. The summed E-state index contributed by atoms with van der Waals surface area (Å²) in [6, 6.07) is -0.833. The fraction of sp³-hybridized carbons (Fsp3) is 0. The minimum absolute atomic E-state index is 0.130. The first-order valence-corrected chi connectivity index (χ1v) is 2.38. The van der Waals surface area contributed by atoms with Gasteiger partial charge in [0.15, 0.2) is 5.78 Å². The first kappa shape index (κ1) is 11.2. The summed E-state index contributed by atoms with van der Waals surface area (Å²) in [6.07, 6.45) is 2.43. The zero-order valence-electron chi connectivity index (χ0n) is 5.54. The number of allylic oxidation sites excluding steroid dienone is 2. The third-order valence-corrected chi connectivity index (χ3v) is 0.402. The van der Waals surface area contributed by atoms with E-state index in [4.69, 9.17) is 4.79 Å². The predicted molar refractivity (Wildman–Crippen MR) is 39.2 cm³/mol. The Hall–Kier alpha value is -1.58. The number of ketones is 1. The summed E-state index contributed by atoms with van der Waals surface area (Å²) in [4.78, 5) is 18.9. The van der Waals surface area contributed by atoms with Crippen molar-refractivity contribution < 1.29 is 9.59 Å². The number of rotatable bonds is 2. The Bertz CT molecular complexity index is 138. The van der Waals surface area contributed by atoms with Crippen LogP contribution in [0.15, 0.2) is 25.3 Å². The molecule has 0 atom stereocenters. The Kier molecular flexibility index (Phi) is 8.35. The van der Waals surface area contributed by atoms with Crippen molar-refractivity contribution in [3.8, 4) is 0 Å². The van der Waals surface area contributed by atoms with Crippen LogP contribution in [0.2, 0.25) is 0 Å². The standard InChI is InChI=1S/C5H6O.CH4N2O/c1-3-5(6)4-2;2-1(3)4/h3-4H,1-2H2;(H4,2,3,4). The van der Waals surface area contributed by atoms with Crippen molar-refractivity contribution in [1.29, 1.82) is 0 Å². The Morgan fingerprint density at radius 2 is 1.30 bits per heavy atom. The second-order valence-electron chi connectivity index (χ2n) is 1.21. The highest BCUT2D eigenvalue weighted by molar-refractivity contribution is 5.98. The fourth-order valence-corrected chi connectivity index (χ4v) is 0.0833. The highest BCUT2D eigenvalue weighted by Crippen LogP contribution is 1.68. The van der Waals surface area contributed by atoms with Gasteiger partial charge in [-0.3, -0.25) is 4.79 Å². The minimum Gasteiger partial charge on any atom is -0.352 e. The van der Waals surface area contributed by atoms with Crippen LogP contribution in [-0.2, 0) is 4.79 Å². The average molecular weight is 142 g/mol. The van der Waals surface area contributed by atoms with Crippen LogP contribution in [0.4, 0.5) is 4.79 Å². The number of primary amides is 2. The first-order chi connectivity index (χ1) is 4.54. The summed E-state index contributed by atoms with van der Waals surface area (Å²) in [7, 11) is 0. The van der Waals surface area contributed by atoms with Crippen LogP contribution >= 0.6 is 0 Å². The largest absolute Gasteiger partial charge is 0.352 e. The van der Waals surface area contributed by atoms with Gasteiger partial charge in [0, 0.05) is 0 Å². The summed E-state index contributed by atoms with van der Waals surface area (Å²) in [5, 5.41) is 0. The third-order valence-electron chi connectivity index (χ3n) is 0.402. The molecule has 10 heavy (non-hydrogen) atoms. The number of nitrogens with two attached hydrogens (primary N) is 2. The molecular formula is C6H10N2O2. The normalized spacial score (nSPS) is 6.40. The molecule has 0 saturated carbocycles. The molecule has 4 heteroatoms. The third kappa shape index (κ3) is 32.2. The van der Waals surface area contributed by atoms with Gasteiger partial charge in [-0.1, -0.05) is 13.2 Å². The molecule has 56 valence electrons. The monoisotopic (exact) mass is 142 g/mol. The second kappa shape index (κ2) is 7.42. The Labute approximate surface area is 59.2 Å². The lowest BCUT2D eigenvalue weighted by Crippen LogP contribution is -2.18. The summed E-state index contributed by atoms with van der Waals surface area (Å²) in [5.41, 5.74) is 8.50. The number of urea groups is 1. The molecule has 0 aromatic heterocycles. The van der Waals surface area contributed by atoms with Gasteiger partial charge in [-0.15, -0.1) is 0 Å². The van der Waals surface area contributed by atoms with Gasteiger partial charge in [-0.2, -0.15) is 0 Å². The van der Waals surface area contributed by atoms with Crippen molar-refractivity contribution in [2.24, 2.45) is 11.5 Å². The molecule has 0 heterocycles. The van der Waals surface area contributed by atoms with Crippen LogP contribution in [0.5, 0.6) is 0 Å². The van der Waals surface area contributed by atoms with Crippen molar-refractivity contribution in [3.05, 3.63) is 25.3 Å². The molecule has 0 aliphatic rings. The maximum absolute atomic E-state index is 9.94. The van der Waals surface area contributed by atoms with Gasteiger partial charge < -0.3 is 11.5 Å². The summed E-state index contributed by atoms with van der Waals surface area (Å²) >= 11 is 0. The van der Waals surface area contributed by atoms with Gasteiger partial charge in [0.2, 0.25) is 0 Å². The van der Waals surface area contributed by atoms with Crippen LogP contribution in [0.1, 0.15) is 0 Å². The highest BCUT2D eigenvalue weighted by Gasteiger charge is 1.75. The molecule has 0 spiro atoms. The number of hydrogen-bond acceptors (Lipinski definition) is 2. The molecule has 0 aromatic rings. The van der Waals surface area contributed by atoms with Crippen molar-refractivity contribution in [2.75, 3.05) is 0 Å². The molecule has 0 aliphatic heterocycles. The molecule has 0 unspecified atom stereocenters. The van der Waals surface area contributed by atoms with E-state index in [1.807, 2.05) is 0 Å². The summed E-state index contributed by atoms with van der Waals surface area (Å²) in [6.45, 7) is 6.42. The molecular weight excluding hydrogens is 132 g/mol. The number of hydrogen-bond donors (Lipinski definition) is 2. The van der Waals surface area contributed by atoms with Crippen molar-refractivity contribution in [2.45, 2.75) is 0 Å². The van der Waals surface area contributed by atoms with Crippen LogP contribution in [-0.4, -0.2) is 11.8 Å². The number of carbonyl (C=O) groups excluding carboxylic acids is 2. The van der Waals surface area contributed by atoms with Crippen LogP contribution in [0, 0.1) is 0 Å². The van der Waals surface area contributed by atoms with Crippen LogP contribution in [0.3, 0.4) is 0 Å². The number of amides is 2. The van der Waals surface area contributed by atoms with Gasteiger partial charge in [0.05, 0.1) is 0 Å². The Balaban J connectivity index is 0. The molecule has 0 aromatic carbocycles. The average Bonchev–Trinajstić information content (AvgIpc) is 1.85. The Morgan fingerprint density at radius 3 is 1.30 bits per heavy atom. The van der Waals surface area contributed by atoms with E-state index in [-0.39, 0.29) is 5.78 Å². The smallest absolute Gasteiger partial charge is 0.309 e. The van der Waals surface area contributed by atoms with E-state index in [0.717, 1.165) is 0 Å². The molecule has 0 bridgehead atoms. The second-order valence-corrected chi connectivity index (χ2v) is 1.21. The summed E-state index contributed by atoms with van der Waals surface area (Å²) in [5.74, 6) is -0.130. The van der Waals surface area contributed by atoms with E-state index in [9.17, 15) is 4.79 Å². The zero-order valence-corrected chi connectivity index (χ0v) is 5.54. The highest BCUT2D eigenvalue weighted by atomic mass is 16.2. The van der Waals surface area contributed by atoms with E-state index in [1.54, 1.807) is 0 Å². The van der Waals surface area contributed by atoms with Crippen LogP contribution in [0.25, 0.3) is 0 Å². The molecule has 0 fully saturated rings. The van der Waals surface area contributed by atoms with E-state index < -0.39 is 6.03 Å². The fourth-order valence-electron chi connectivity index (χ4n) is 0.0833. The first-order valence-electron chi connectivity index (χ1n) is 2.38. The minimum atomic E-state index is -0.833. The lowest BCUT2D eigenvalue weighted by molar-refractivity contribution is -0.110. The molecule has 0 saturated heterocycles. The van der Waals surface area contributed by atoms with Crippen molar-refractivity contribution in [1.82, 2.24) is 0 Å². The lowest BCUT2D eigenvalue weighted by atomic mass is 10.4. The van der Waals surface area contributed by atoms with Gasteiger partial charge in [-0.05, 0) is 12.2 Å². The van der Waals surface area contributed by atoms with E-state index in [0.29, 0.717) is 0 Å². The quantitative estimate of drug-likeness (QED) is 0.529. The maximum Gasteiger partial charge on any atom is 0.309 e. The number of carbonyl (C=O) groups is 2. The molecule has 4 N–H and O–H groups in total.